The molecule has 1 aromatic heterocycles. The lowest BCUT2D eigenvalue weighted by Crippen LogP contribution is -2.35. The third-order valence-electron chi connectivity index (χ3n) is 5.73. The lowest BCUT2D eigenvalue weighted by molar-refractivity contribution is 0.0948. The van der Waals surface area contributed by atoms with Crippen molar-refractivity contribution in [2.45, 2.75) is 34.1 Å². The first-order valence-electron chi connectivity index (χ1n) is 12.0. The molecule has 3 rings (SSSR count). The van der Waals surface area contributed by atoms with Crippen molar-refractivity contribution in [2.24, 2.45) is 0 Å². The number of carbonyl (C=O) groups is 1. The molecule has 0 aliphatic heterocycles. The molecule has 5 heteroatoms. The van der Waals surface area contributed by atoms with E-state index in [1.165, 1.54) is 5.57 Å². The van der Waals surface area contributed by atoms with Crippen molar-refractivity contribution in [1.82, 2.24) is 20.2 Å². The number of allylic oxidation sites excluding steroid dienone is 5. The van der Waals surface area contributed by atoms with E-state index >= 15 is 0 Å². The number of fused-ring (bicyclic) bond motifs is 1. The predicted molar refractivity (Wildman–Crippen MR) is 144 cm³/mol. The van der Waals surface area contributed by atoms with E-state index in [4.69, 9.17) is 4.98 Å². The van der Waals surface area contributed by atoms with E-state index in [9.17, 15) is 4.79 Å². The maximum atomic E-state index is 12.7. The Bertz CT molecular complexity index is 1200. The number of nitrogens with one attached hydrogen (secondary N) is 2. The number of H-pyrrole nitrogens is 1. The summed E-state index contributed by atoms with van der Waals surface area (Å²) in [7, 11) is 0. The van der Waals surface area contributed by atoms with Crippen molar-refractivity contribution >= 4 is 22.5 Å². The lowest BCUT2D eigenvalue weighted by atomic mass is 10.0. The van der Waals surface area contributed by atoms with E-state index in [1.54, 1.807) is 0 Å². The second-order valence-corrected chi connectivity index (χ2v) is 8.66. The average molecular weight is 457 g/mol. The van der Waals surface area contributed by atoms with Crippen LogP contribution in [0.5, 0.6) is 0 Å². The number of aromatic nitrogens is 2. The Labute approximate surface area is 203 Å². The van der Waals surface area contributed by atoms with Gasteiger partial charge in [-0.15, -0.1) is 0 Å². The Morgan fingerprint density at radius 2 is 1.91 bits per heavy atom. The van der Waals surface area contributed by atoms with Crippen molar-refractivity contribution in [3.05, 3.63) is 84.0 Å². The Morgan fingerprint density at radius 3 is 2.62 bits per heavy atom. The molecule has 0 fully saturated rings. The molecule has 0 radical (unpaired) electrons. The highest BCUT2D eigenvalue weighted by Gasteiger charge is 2.11. The van der Waals surface area contributed by atoms with Gasteiger partial charge < -0.3 is 15.2 Å². The van der Waals surface area contributed by atoms with E-state index in [1.807, 2.05) is 36.4 Å². The van der Waals surface area contributed by atoms with Gasteiger partial charge in [0.05, 0.1) is 11.0 Å². The SMILES string of the molecule is C=C/C(=C\C=C(C)C)c1cccc(-c2nc3ccc(C(=O)NCCN(CC)CCC)cc3[nH]2)c1. The van der Waals surface area contributed by atoms with Crippen LogP contribution in [0.15, 0.2) is 72.8 Å². The molecule has 0 bridgehead atoms. The third kappa shape index (κ3) is 6.55. The highest BCUT2D eigenvalue weighted by atomic mass is 16.1. The Balaban J connectivity index is 1.78. The summed E-state index contributed by atoms with van der Waals surface area (Å²) in [4.78, 5) is 23.1. The Hall–Kier alpha value is -3.44. The zero-order valence-corrected chi connectivity index (χ0v) is 20.8. The van der Waals surface area contributed by atoms with Gasteiger partial charge in [-0.2, -0.15) is 0 Å². The van der Waals surface area contributed by atoms with Crippen molar-refractivity contribution in [2.75, 3.05) is 26.2 Å². The quantitative estimate of drug-likeness (QED) is 0.336. The van der Waals surface area contributed by atoms with Gasteiger partial charge in [0.25, 0.3) is 5.91 Å². The molecule has 2 N–H and O–H groups in total. The maximum absolute atomic E-state index is 12.7. The summed E-state index contributed by atoms with van der Waals surface area (Å²) >= 11 is 0. The number of rotatable bonds is 11. The highest BCUT2D eigenvalue weighted by molar-refractivity contribution is 5.97. The van der Waals surface area contributed by atoms with Gasteiger partial charge >= 0.3 is 0 Å². The van der Waals surface area contributed by atoms with Crippen LogP contribution in [0, 0.1) is 0 Å². The molecular formula is C29H36N4O. The fraction of sp³-hybridized carbons (Fsp3) is 0.310. The summed E-state index contributed by atoms with van der Waals surface area (Å²) < 4.78 is 0. The lowest BCUT2D eigenvalue weighted by Gasteiger charge is -2.19. The number of amides is 1. The number of aromatic amines is 1. The molecule has 0 spiro atoms. The first kappa shape index (κ1) is 25.2. The summed E-state index contributed by atoms with van der Waals surface area (Å²) in [6.07, 6.45) is 7.14. The molecule has 1 heterocycles. The normalized spacial score (nSPS) is 11.6. The van der Waals surface area contributed by atoms with Gasteiger partial charge in [0.15, 0.2) is 0 Å². The summed E-state index contributed by atoms with van der Waals surface area (Å²) in [5.41, 5.74) is 6.66. The summed E-state index contributed by atoms with van der Waals surface area (Å²) in [5.74, 6) is 0.714. The van der Waals surface area contributed by atoms with Crippen molar-refractivity contribution < 1.29 is 4.79 Å². The van der Waals surface area contributed by atoms with E-state index < -0.39 is 0 Å². The second-order valence-electron chi connectivity index (χ2n) is 8.66. The zero-order valence-electron chi connectivity index (χ0n) is 20.8. The van der Waals surface area contributed by atoms with Gasteiger partial charge in [-0.1, -0.05) is 62.4 Å². The molecule has 34 heavy (non-hydrogen) atoms. The van der Waals surface area contributed by atoms with Crippen LogP contribution >= 0.6 is 0 Å². The Morgan fingerprint density at radius 1 is 1.09 bits per heavy atom. The minimum absolute atomic E-state index is 0.0624. The molecule has 1 amide bonds. The molecule has 0 aliphatic rings. The van der Waals surface area contributed by atoms with Crippen LogP contribution < -0.4 is 5.32 Å². The van der Waals surface area contributed by atoms with Gasteiger partial charge in [-0.25, -0.2) is 4.98 Å². The van der Waals surface area contributed by atoms with Crippen LogP contribution in [0.25, 0.3) is 28.0 Å². The van der Waals surface area contributed by atoms with Crippen LogP contribution in [-0.2, 0) is 0 Å². The standard InChI is InChI=1S/C29H36N4O/c1-6-17-33(8-3)18-16-30-29(34)25-14-15-26-27(20-25)32-28(31-26)24-11-9-10-23(19-24)22(7-2)13-12-21(4)5/h7,9-15,19-20H,2,6,8,16-18H2,1,3-5H3,(H,30,34)(H,31,32)/b22-13+. The number of hydrogen-bond donors (Lipinski definition) is 2. The molecule has 2 aromatic carbocycles. The van der Waals surface area contributed by atoms with Gasteiger partial charge in [0, 0.05) is 24.2 Å². The number of imidazole rings is 1. The molecule has 0 atom stereocenters. The second kappa shape index (κ2) is 12.1. The van der Waals surface area contributed by atoms with Crippen LogP contribution in [0.3, 0.4) is 0 Å². The molecule has 178 valence electrons. The van der Waals surface area contributed by atoms with E-state index in [-0.39, 0.29) is 5.91 Å². The van der Waals surface area contributed by atoms with Gasteiger partial charge in [0.1, 0.15) is 5.82 Å². The van der Waals surface area contributed by atoms with E-state index in [0.29, 0.717) is 12.1 Å². The number of carbonyl (C=O) groups excluding carboxylic acids is 1. The van der Waals surface area contributed by atoms with Gasteiger partial charge in [-0.3, -0.25) is 4.79 Å². The number of likely N-dealkylation sites (N-methyl/N-ethyl adjacent to an activating group) is 1. The number of hydrogen-bond acceptors (Lipinski definition) is 3. The summed E-state index contributed by atoms with van der Waals surface area (Å²) in [6, 6.07) is 13.8. The van der Waals surface area contributed by atoms with Crippen LogP contribution in [0.1, 0.15) is 50.0 Å². The smallest absolute Gasteiger partial charge is 0.251 e. The Kier molecular flexibility index (Phi) is 9.00. The third-order valence-corrected chi connectivity index (χ3v) is 5.73. The predicted octanol–water partition coefficient (Wildman–Crippen LogP) is 6.23. The molecule has 0 aliphatic carbocycles. The largest absolute Gasteiger partial charge is 0.351 e. The molecule has 0 saturated carbocycles. The molecule has 0 saturated heterocycles. The molecular weight excluding hydrogens is 420 g/mol. The van der Waals surface area contributed by atoms with Crippen molar-refractivity contribution in [1.29, 1.82) is 0 Å². The first-order valence-corrected chi connectivity index (χ1v) is 12.0. The fourth-order valence-electron chi connectivity index (χ4n) is 3.85. The highest BCUT2D eigenvalue weighted by Crippen LogP contribution is 2.25. The monoisotopic (exact) mass is 456 g/mol. The molecule has 5 nitrogen and oxygen atoms in total. The topological polar surface area (TPSA) is 61.0 Å². The minimum atomic E-state index is -0.0624. The average Bonchev–Trinajstić information content (AvgIpc) is 3.27. The van der Waals surface area contributed by atoms with Crippen molar-refractivity contribution in [3.63, 3.8) is 0 Å². The first-order chi connectivity index (χ1) is 16.4. The van der Waals surface area contributed by atoms with E-state index in [2.05, 4.69) is 73.8 Å². The van der Waals surface area contributed by atoms with Gasteiger partial charge in [0.2, 0.25) is 0 Å². The van der Waals surface area contributed by atoms with E-state index in [0.717, 1.165) is 59.6 Å². The molecule has 0 unspecified atom stereocenters. The summed E-state index contributed by atoms with van der Waals surface area (Å²) in [6.45, 7) is 16.0. The maximum Gasteiger partial charge on any atom is 0.251 e. The fourth-order valence-corrected chi connectivity index (χ4v) is 3.85. The molecule has 3 aromatic rings. The van der Waals surface area contributed by atoms with Crippen molar-refractivity contribution in [3.8, 4) is 11.4 Å². The number of benzene rings is 2. The number of nitrogens with zero attached hydrogens (tertiary/aromatic N) is 2. The van der Waals surface area contributed by atoms with Crippen LogP contribution in [0.4, 0.5) is 0 Å². The zero-order chi connectivity index (χ0) is 24.5. The summed E-state index contributed by atoms with van der Waals surface area (Å²) in [5, 5.41) is 3.04. The van der Waals surface area contributed by atoms with Gasteiger partial charge in [-0.05, 0) is 68.8 Å². The van der Waals surface area contributed by atoms with Crippen LogP contribution in [0.2, 0.25) is 0 Å². The van der Waals surface area contributed by atoms with Crippen LogP contribution in [-0.4, -0.2) is 47.0 Å². The minimum Gasteiger partial charge on any atom is -0.351 e.